The Bertz CT molecular complexity index is 389. The summed E-state index contributed by atoms with van der Waals surface area (Å²) in [4.78, 5) is 11.6. The molecule has 1 aromatic rings. The van der Waals surface area contributed by atoms with Crippen molar-refractivity contribution in [2.75, 3.05) is 0 Å². The Kier molecular flexibility index (Phi) is 3.06. The fourth-order valence-corrected chi connectivity index (χ4v) is 2.39. The highest BCUT2D eigenvalue weighted by Crippen LogP contribution is 2.32. The average molecular weight is 220 g/mol. The summed E-state index contributed by atoms with van der Waals surface area (Å²) in [5.41, 5.74) is 3.59. The van der Waals surface area contributed by atoms with Crippen molar-refractivity contribution in [3.63, 3.8) is 0 Å². The Morgan fingerprint density at radius 1 is 1.40 bits per heavy atom. The van der Waals surface area contributed by atoms with Gasteiger partial charge in [0.1, 0.15) is 5.25 Å². The highest BCUT2D eigenvalue weighted by molar-refractivity contribution is 8.14. The molecule has 0 fully saturated rings. The number of thioether (sulfide) groups is 1. The lowest BCUT2D eigenvalue weighted by Crippen LogP contribution is -2.29. The van der Waals surface area contributed by atoms with Gasteiger partial charge in [-0.1, -0.05) is 49.0 Å². The van der Waals surface area contributed by atoms with Gasteiger partial charge in [0.25, 0.3) is 5.91 Å². The van der Waals surface area contributed by atoms with Crippen LogP contribution in [0.3, 0.4) is 0 Å². The van der Waals surface area contributed by atoms with Crippen LogP contribution in [0.1, 0.15) is 24.2 Å². The zero-order valence-corrected chi connectivity index (χ0v) is 9.25. The molecule has 4 heteroatoms. The maximum absolute atomic E-state index is 11.6. The maximum atomic E-state index is 11.6. The number of nitrogens with one attached hydrogen (secondary N) is 1. The number of benzene rings is 1. The van der Waals surface area contributed by atoms with Gasteiger partial charge in [-0.2, -0.15) is 5.10 Å². The smallest absolute Gasteiger partial charge is 0.258 e. The van der Waals surface area contributed by atoms with E-state index in [4.69, 9.17) is 0 Å². The number of carbonyl (C=O) groups excluding carboxylic acids is 1. The van der Waals surface area contributed by atoms with Gasteiger partial charge < -0.3 is 0 Å². The third-order valence-corrected chi connectivity index (χ3v) is 3.56. The van der Waals surface area contributed by atoms with Crippen molar-refractivity contribution in [3.05, 3.63) is 35.9 Å². The van der Waals surface area contributed by atoms with E-state index in [2.05, 4.69) is 10.5 Å². The quantitative estimate of drug-likeness (QED) is 0.831. The van der Waals surface area contributed by atoms with Crippen molar-refractivity contribution in [1.82, 2.24) is 5.43 Å². The zero-order valence-electron chi connectivity index (χ0n) is 8.43. The minimum atomic E-state index is -0.154. The molecule has 78 valence electrons. The number of hydrogen-bond acceptors (Lipinski definition) is 3. The first-order valence-electron chi connectivity index (χ1n) is 4.89. The largest absolute Gasteiger partial charge is 0.271 e. The van der Waals surface area contributed by atoms with E-state index in [9.17, 15) is 4.79 Å². The van der Waals surface area contributed by atoms with Crippen molar-refractivity contribution in [3.8, 4) is 0 Å². The molecule has 0 spiro atoms. The Hall–Kier alpha value is -1.29. The Morgan fingerprint density at radius 3 is 2.80 bits per heavy atom. The topological polar surface area (TPSA) is 41.5 Å². The van der Waals surface area contributed by atoms with Gasteiger partial charge >= 0.3 is 0 Å². The lowest BCUT2D eigenvalue weighted by molar-refractivity contribution is -0.120. The van der Waals surface area contributed by atoms with Gasteiger partial charge in [0, 0.05) is 0 Å². The SMILES string of the molecule is CCC1=NNC(=O)C(c2ccccc2)S1. The van der Waals surface area contributed by atoms with Gasteiger partial charge in [-0.05, 0) is 12.0 Å². The number of hydrogen-bond donors (Lipinski definition) is 1. The third kappa shape index (κ3) is 2.21. The molecular formula is C11H12N2OS. The predicted octanol–water partition coefficient (Wildman–Crippen LogP) is 2.31. The van der Waals surface area contributed by atoms with Crippen LogP contribution in [0.15, 0.2) is 35.4 Å². The summed E-state index contributed by atoms with van der Waals surface area (Å²) < 4.78 is 0. The molecule has 1 aromatic carbocycles. The summed E-state index contributed by atoms with van der Waals surface area (Å²) in [6.45, 7) is 2.03. The average Bonchev–Trinajstić information content (AvgIpc) is 2.31. The third-order valence-electron chi connectivity index (χ3n) is 2.19. The summed E-state index contributed by atoms with van der Waals surface area (Å²) in [6.07, 6.45) is 0.855. The molecule has 0 radical (unpaired) electrons. The first kappa shape index (κ1) is 10.2. The molecule has 1 N–H and O–H groups in total. The van der Waals surface area contributed by atoms with Crippen molar-refractivity contribution >= 4 is 22.7 Å². The van der Waals surface area contributed by atoms with Crippen LogP contribution in [0.25, 0.3) is 0 Å². The van der Waals surface area contributed by atoms with E-state index in [1.165, 1.54) is 11.8 Å². The molecule has 1 aliphatic heterocycles. The molecule has 1 amide bonds. The van der Waals surface area contributed by atoms with Crippen molar-refractivity contribution in [1.29, 1.82) is 0 Å². The van der Waals surface area contributed by atoms with E-state index in [-0.39, 0.29) is 11.2 Å². The minimum absolute atomic E-state index is 0.0385. The molecule has 1 heterocycles. The Balaban J connectivity index is 2.23. The minimum Gasteiger partial charge on any atom is -0.271 e. The summed E-state index contributed by atoms with van der Waals surface area (Å²) in [7, 11) is 0. The first-order chi connectivity index (χ1) is 7.31. The lowest BCUT2D eigenvalue weighted by atomic mass is 10.1. The molecule has 3 nitrogen and oxygen atoms in total. The Labute approximate surface area is 93.0 Å². The first-order valence-corrected chi connectivity index (χ1v) is 5.77. The number of nitrogens with zero attached hydrogens (tertiary/aromatic N) is 1. The van der Waals surface area contributed by atoms with Crippen LogP contribution < -0.4 is 5.43 Å². The van der Waals surface area contributed by atoms with Crippen LogP contribution in [0.5, 0.6) is 0 Å². The second-order valence-corrected chi connectivity index (χ2v) is 4.42. The highest BCUT2D eigenvalue weighted by Gasteiger charge is 2.26. The molecule has 2 rings (SSSR count). The van der Waals surface area contributed by atoms with E-state index in [1.807, 2.05) is 37.3 Å². The van der Waals surface area contributed by atoms with Gasteiger partial charge in [-0.25, -0.2) is 5.43 Å². The number of amides is 1. The van der Waals surface area contributed by atoms with E-state index in [1.54, 1.807) is 0 Å². The zero-order chi connectivity index (χ0) is 10.7. The molecule has 0 aromatic heterocycles. The standard InChI is InChI=1S/C11H12N2OS/c1-2-9-12-13-11(14)10(15-9)8-6-4-3-5-7-8/h3-7,10H,2H2,1H3,(H,13,14). The van der Waals surface area contributed by atoms with Crippen LogP contribution in [0.4, 0.5) is 0 Å². The van der Waals surface area contributed by atoms with Gasteiger partial charge in [0.05, 0.1) is 5.04 Å². The molecule has 1 aliphatic rings. The van der Waals surface area contributed by atoms with Crippen molar-refractivity contribution < 1.29 is 4.79 Å². The van der Waals surface area contributed by atoms with Crippen LogP contribution in [-0.2, 0) is 4.79 Å². The van der Waals surface area contributed by atoms with Gasteiger partial charge in [-0.15, -0.1) is 0 Å². The molecular weight excluding hydrogens is 208 g/mol. The number of hydrazone groups is 1. The van der Waals surface area contributed by atoms with E-state index in [0.717, 1.165) is 17.0 Å². The molecule has 1 atom stereocenters. The fourth-order valence-electron chi connectivity index (χ4n) is 1.40. The summed E-state index contributed by atoms with van der Waals surface area (Å²) in [6, 6.07) is 9.77. The fraction of sp³-hybridized carbons (Fsp3) is 0.273. The predicted molar refractivity (Wildman–Crippen MR) is 62.6 cm³/mol. The summed E-state index contributed by atoms with van der Waals surface area (Å²) in [5, 5.41) is 4.81. The van der Waals surface area contributed by atoms with Crippen molar-refractivity contribution in [2.24, 2.45) is 5.10 Å². The maximum Gasteiger partial charge on any atom is 0.258 e. The molecule has 0 aliphatic carbocycles. The summed E-state index contributed by atoms with van der Waals surface area (Å²) in [5.74, 6) is -0.0385. The van der Waals surface area contributed by atoms with Crippen LogP contribution in [-0.4, -0.2) is 11.0 Å². The molecule has 0 saturated carbocycles. The van der Waals surface area contributed by atoms with Gasteiger partial charge in [0.15, 0.2) is 0 Å². The second-order valence-electron chi connectivity index (χ2n) is 3.24. The van der Waals surface area contributed by atoms with Gasteiger partial charge in [0.2, 0.25) is 0 Å². The lowest BCUT2D eigenvalue weighted by Gasteiger charge is -2.20. The van der Waals surface area contributed by atoms with Crippen LogP contribution in [0, 0.1) is 0 Å². The monoisotopic (exact) mass is 220 g/mol. The van der Waals surface area contributed by atoms with Crippen LogP contribution >= 0.6 is 11.8 Å². The summed E-state index contributed by atoms with van der Waals surface area (Å²) >= 11 is 1.53. The van der Waals surface area contributed by atoms with E-state index >= 15 is 0 Å². The molecule has 1 unspecified atom stereocenters. The second kappa shape index (κ2) is 4.49. The molecule has 0 saturated heterocycles. The van der Waals surface area contributed by atoms with Gasteiger partial charge in [-0.3, -0.25) is 4.79 Å². The van der Waals surface area contributed by atoms with Crippen LogP contribution in [0.2, 0.25) is 0 Å². The number of rotatable bonds is 2. The molecule has 0 bridgehead atoms. The van der Waals surface area contributed by atoms with E-state index in [0.29, 0.717) is 0 Å². The Morgan fingerprint density at radius 2 is 2.13 bits per heavy atom. The highest BCUT2D eigenvalue weighted by atomic mass is 32.2. The number of carbonyl (C=O) groups is 1. The normalized spacial score (nSPS) is 20.7. The van der Waals surface area contributed by atoms with E-state index < -0.39 is 0 Å². The molecule has 15 heavy (non-hydrogen) atoms. The van der Waals surface area contributed by atoms with Crippen molar-refractivity contribution in [2.45, 2.75) is 18.6 Å².